The number of alkyl halides is 3. The van der Waals surface area contributed by atoms with Crippen molar-refractivity contribution < 1.29 is 22.6 Å². The Morgan fingerprint density at radius 1 is 1.22 bits per heavy atom. The number of halogens is 3. The Bertz CT molecular complexity index is 426. The van der Waals surface area contributed by atoms with Crippen molar-refractivity contribution in [1.82, 2.24) is 0 Å². The SMILES string of the molecule is CCOc1ccccc1OCC(C#N)C(F)(F)F. The van der Waals surface area contributed by atoms with E-state index in [1.807, 2.05) is 0 Å². The first-order valence-electron chi connectivity index (χ1n) is 5.30. The molecule has 3 nitrogen and oxygen atoms in total. The lowest BCUT2D eigenvalue weighted by atomic mass is 10.2. The zero-order chi connectivity index (χ0) is 13.6. The minimum Gasteiger partial charge on any atom is -0.490 e. The molecule has 98 valence electrons. The normalized spacial score (nSPS) is 12.6. The summed E-state index contributed by atoms with van der Waals surface area (Å²) in [5, 5.41) is 8.43. The van der Waals surface area contributed by atoms with Gasteiger partial charge in [0.25, 0.3) is 0 Å². The summed E-state index contributed by atoms with van der Waals surface area (Å²) in [4.78, 5) is 0. The van der Waals surface area contributed by atoms with Crippen LogP contribution in [0.25, 0.3) is 0 Å². The van der Waals surface area contributed by atoms with E-state index in [0.717, 1.165) is 0 Å². The van der Waals surface area contributed by atoms with E-state index in [2.05, 4.69) is 0 Å². The fraction of sp³-hybridized carbons (Fsp3) is 0.417. The van der Waals surface area contributed by atoms with Gasteiger partial charge in [0.1, 0.15) is 6.61 Å². The first-order chi connectivity index (χ1) is 8.49. The van der Waals surface area contributed by atoms with Gasteiger partial charge in [0.2, 0.25) is 0 Å². The van der Waals surface area contributed by atoms with Crippen LogP contribution in [-0.2, 0) is 0 Å². The second-order valence-corrected chi connectivity index (χ2v) is 3.41. The van der Waals surface area contributed by atoms with Gasteiger partial charge >= 0.3 is 6.18 Å². The lowest BCUT2D eigenvalue weighted by Gasteiger charge is -2.16. The molecule has 0 saturated carbocycles. The van der Waals surface area contributed by atoms with Crippen LogP contribution in [0.2, 0.25) is 0 Å². The minimum absolute atomic E-state index is 0.198. The van der Waals surface area contributed by atoms with Crippen molar-refractivity contribution in [2.45, 2.75) is 13.1 Å². The largest absolute Gasteiger partial charge is 0.490 e. The Morgan fingerprint density at radius 3 is 2.22 bits per heavy atom. The van der Waals surface area contributed by atoms with Crippen molar-refractivity contribution >= 4 is 0 Å². The van der Waals surface area contributed by atoms with E-state index >= 15 is 0 Å². The number of ether oxygens (including phenoxy) is 2. The molecule has 6 heteroatoms. The molecule has 0 aliphatic heterocycles. The average Bonchev–Trinajstić information content (AvgIpc) is 2.30. The Balaban J connectivity index is 2.71. The number of para-hydroxylation sites is 2. The van der Waals surface area contributed by atoms with Crippen LogP contribution in [0, 0.1) is 17.2 Å². The van der Waals surface area contributed by atoms with Gasteiger partial charge in [0, 0.05) is 0 Å². The van der Waals surface area contributed by atoms with Crippen LogP contribution in [0.4, 0.5) is 13.2 Å². The molecule has 0 amide bonds. The van der Waals surface area contributed by atoms with E-state index in [1.165, 1.54) is 12.1 Å². The molecule has 1 atom stereocenters. The van der Waals surface area contributed by atoms with Crippen LogP contribution in [0.3, 0.4) is 0 Å². The monoisotopic (exact) mass is 259 g/mol. The maximum absolute atomic E-state index is 12.3. The van der Waals surface area contributed by atoms with Crippen molar-refractivity contribution in [1.29, 1.82) is 5.26 Å². The van der Waals surface area contributed by atoms with Gasteiger partial charge in [-0.1, -0.05) is 12.1 Å². The highest BCUT2D eigenvalue weighted by Gasteiger charge is 2.40. The van der Waals surface area contributed by atoms with Gasteiger partial charge in [-0.2, -0.15) is 18.4 Å². The fourth-order valence-corrected chi connectivity index (χ4v) is 1.22. The number of benzene rings is 1. The minimum atomic E-state index is -4.59. The molecule has 0 radical (unpaired) electrons. The average molecular weight is 259 g/mol. The van der Waals surface area contributed by atoms with Crippen LogP contribution < -0.4 is 9.47 Å². The van der Waals surface area contributed by atoms with Crippen molar-refractivity contribution in [3.8, 4) is 17.6 Å². The van der Waals surface area contributed by atoms with Gasteiger partial charge < -0.3 is 9.47 Å². The zero-order valence-electron chi connectivity index (χ0n) is 9.70. The molecule has 0 saturated heterocycles. The van der Waals surface area contributed by atoms with Crippen molar-refractivity contribution in [3.05, 3.63) is 24.3 Å². The highest BCUT2D eigenvalue weighted by Crippen LogP contribution is 2.30. The van der Waals surface area contributed by atoms with Crippen molar-refractivity contribution in [2.75, 3.05) is 13.2 Å². The molecule has 1 aromatic carbocycles. The third kappa shape index (κ3) is 3.84. The molecule has 18 heavy (non-hydrogen) atoms. The number of hydrogen-bond acceptors (Lipinski definition) is 3. The topological polar surface area (TPSA) is 42.2 Å². The highest BCUT2D eigenvalue weighted by atomic mass is 19.4. The molecule has 0 N–H and O–H groups in total. The zero-order valence-corrected chi connectivity index (χ0v) is 9.70. The number of nitriles is 1. The Morgan fingerprint density at radius 2 is 1.78 bits per heavy atom. The van der Waals surface area contributed by atoms with Gasteiger partial charge in [-0.15, -0.1) is 0 Å². The second-order valence-electron chi connectivity index (χ2n) is 3.41. The maximum atomic E-state index is 12.3. The summed E-state index contributed by atoms with van der Waals surface area (Å²) in [7, 11) is 0. The molecule has 1 aromatic rings. The highest BCUT2D eigenvalue weighted by molar-refractivity contribution is 5.39. The predicted molar refractivity (Wildman–Crippen MR) is 58.3 cm³/mol. The van der Waals surface area contributed by atoms with Gasteiger partial charge in [-0.25, -0.2) is 0 Å². The summed E-state index contributed by atoms with van der Waals surface area (Å²) in [6.45, 7) is 1.38. The van der Waals surface area contributed by atoms with E-state index < -0.39 is 18.7 Å². The standard InChI is InChI=1S/C12H12F3NO2/c1-2-17-10-5-3-4-6-11(10)18-8-9(7-16)12(13,14)15/h3-6,9H,2,8H2,1H3. The molecular formula is C12H12F3NO2. The molecule has 0 aromatic heterocycles. The van der Waals surface area contributed by atoms with Crippen molar-refractivity contribution in [3.63, 3.8) is 0 Å². The lowest BCUT2D eigenvalue weighted by Crippen LogP contribution is -2.27. The smallest absolute Gasteiger partial charge is 0.407 e. The summed E-state index contributed by atoms with van der Waals surface area (Å²) < 4.78 is 47.2. The predicted octanol–water partition coefficient (Wildman–Crippen LogP) is 3.17. The van der Waals surface area contributed by atoms with Crippen LogP contribution in [0.5, 0.6) is 11.5 Å². The molecule has 1 rings (SSSR count). The van der Waals surface area contributed by atoms with Gasteiger partial charge in [-0.05, 0) is 19.1 Å². The maximum Gasteiger partial charge on any atom is 0.407 e. The molecule has 1 unspecified atom stereocenters. The van der Waals surface area contributed by atoms with E-state index in [9.17, 15) is 13.2 Å². The van der Waals surface area contributed by atoms with Crippen LogP contribution >= 0.6 is 0 Å². The van der Waals surface area contributed by atoms with Gasteiger partial charge in [0.05, 0.1) is 12.7 Å². The van der Waals surface area contributed by atoms with Gasteiger partial charge in [-0.3, -0.25) is 0 Å². The molecule has 0 heterocycles. The molecule has 0 aliphatic rings. The first-order valence-corrected chi connectivity index (χ1v) is 5.30. The summed E-state index contributed by atoms with van der Waals surface area (Å²) in [5.41, 5.74) is 0. The summed E-state index contributed by atoms with van der Waals surface area (Å²) in [6.07, 6.45) is -4.59. The quantitative estimate of drug-likeness (QED) is 0.815. The van der Waals surface area contributed by atoms with Crippen molar-refractivity contribution in [2.24, 2.45) is 5.92 Å². The molecule has 0 fully saturated rings. The van der Waals surface area contributed by atoms with E-state index in [0.29, 0.717) is 12.4 Å². The number of hydrogen-bond donors (Lipinski definition) is 0. The fourth-order valence-electron chi connectivity index (χ4n) is 1.22. The summed E-state index contributed by atoms with van der Waals surface area (Å²) in [6, 6.07) is 7.56. The lowest BCUT2D eigenvalue weighted by molar-refractivity contribution is -0.165. The number of rotatable bonds is 5. The summed E-state index contributed by atoms with van der Waals surface area (Å²) in [5.74, 6) is -1.59. The second kappa shape index (κ2) is 6.15. The van der Waals surface area contributed by atoms with E-state index in [-0.39, 0.29) is 5.75 Å². The summed E-state index contributed by atoms with van der Waals surface area (Å²) >= 11 is 0. The van der Waals surface area contributed by atoms with Crippen LogP contribution in [0.15, 0.2) is 24.3 Å². The van der Waals surface area contributed by atoms with Crippen LogP contribution in [-0.4, -0.2) is 19.4 Å². The Hall–Kier alpha value is -1.90. The molecule has 0 aliphatic carbocycles. The first kappa shape index (κ1) is 14.2. The molecular weight excluding hydrogens is 247 g/mol. The van der Waals surface area contributed by atoms with E-state index in [4.69, 9.17) is 14.7 Å². The number of nitrogens with zero attached hydrogens (tertiary/aromatic N) is 1. The van der Waals surface area contributed by atoms with Crippen LogP contribution in [0.1, 0.15) is 6.92 Å². The molecule has 0 spiro atoms. The third-order valence-corrected chi connectivity index (χ3v) is 2.11. The van der Waals surface area contributed by atoms with E-state index in [1.54, 1.807) is 25.1 Å². The Labute approximate surface area is 103 Å². The van der Waals surface area contributed by atoms with Gasteiger partial charge in [0.15, 0.2) is 17.4 Å². The molecule has 0 bridgehead atoms. The third-order valence-electron chi connectivity index (χ3n) is 2.11. The Kier molecular flexibility index (Phi) is 4.84.